The number of ether oxygens (including phenoxy) is 1. The molecule has 7 heteroatoms. The number of carbonyl (C=O) groups is 2. The van der Waals surface area contributed by atoms with Gasteiger partial charge in [0.05, 0.1) is 19.7 Å². The number of likely N-dealkylation sites (N-methyl/N-ethyl adjacent to an activating group) is 2. The highest BCUT2D eigenvalue weighted by Crippen LogP contribution is 2.15. The molecule has 1 saturated heterocycles. The van der Waals surface area contributed by atoms with Gasteiger partial charge in [0.25, 0.3) is 0 Å². The van der Waals surface area contributed by atoms with Crippen molar-refractivity contribution in [3.05, 3.63) is 24.3 Å². The second kappa shape index (κ2) is 9.54. The van der Waals surface area contributed by atoms with Gasteiger partial charge in [-0.1, -0.05) is 6.92 Å². The Hall–Kier alpha value is -2.12. The summed E-state index contributed by atoms with van der Waals surface area (Å²) in [6, 6.07) is 6.84. The Morgan fingerprint density at radius 3 is 2.35 bits per heavy atom. The average molecular weight is 362 g/mol. The highest BCUT2D eigenvalue weighted by atomic mass is 16.5. The Bertz CT molecular complexity index is 597. The first-order valence-corrected chi connectivity index (χ1v) is 9.10. The molecule has 2 rings (SSSR count). The normalized spacial score (nSPS) is 16.4. The average Bonchev–Trinajstić information content (AvgIpc) is 2.67. The molecule has 1 N–H and O–H groups in total. The number of anilines is 1. The molecular formula is C19H30N4O3. The third kappa shape index (κ3) is 5.44. The lowest BCUT2D eigenvalue weighted by Crippen LogP contribution is -2.54. The van der Waals surface area contributed by atoms with Crippen LogP contribution in [-0.4, -0.2) is 86.0 Å². The topological polar surface area (TPSA) is 65.1 Å². The lowest BCUT2D eigenvalue weighted by Gasteiger charge is -2.36. The van der Waals surface area contributed by atoms with Crippen LogP contribution >= 0.6 is 0 Å². The number of rotatable bonds is 7. The molecule has 144 valence electrons. The smallest absolute Gasteiger partial charge is 0.239 e. The molecule has 1 aromatic rings. The molecule has 1 fully saturated rings. The van der Waals surface area contributed by atoms with Crippen LogP contribution in [0.3, 0.4) is 0 Å². The van der Waals surface area contributed by atoms with E-state index < -0.39 is 0 Å². The molecule has 26 heavy (non-hydrogen) atoms. The highest BCUT2D eigenvalue weighted by molar-refractivity contribution is 5.92. The van der Waals surface area contributed by atoms with Crippen molar-refractivity contribution in [3.63, 3.8) is 0 Å². The third-order valence-electron chi connectivity index (χ3n) is 4.92. The first kappa shape index (κ1) is 20.2. The number of nitrogens with one attached hydrogen (secondary N) is 1. The van der Waals surface area contributed by atoms with Crippen LogP contribution in [0.5, 0.6) is 5.75 Å². The Labute approximate surface area is 155 Å². The van der Waals surface area contributed by atoms with E-state index in [9.17, 15) is 9.59 Å². The zero-order chi connectivity index (χ0) is 19.1. The molecule has 1 heterocycles. The molecule has 0 radical (unpaired) electrons. The minimum atomic E-state index is -0.329. The standard InChI is InChI=1S/C19H30N4O3/c1-5-22-10-12-23(13-11-22)19(25)15(2)21(3)14-18(24)20-16-6-8-17(26-4)9-7-16/h6-9,15H,5,10-14H2,1-4H3,(H,20,24)/t15-/m1/s1. The second-order valence-electron chi connectivity index (χ2n) is 6.63. The predicted molar refractivity (Wildman–Crippen MR) is 102 cm³/mol. The Kier molecular flexibility index (Phi) is 7.41. The number of nitrogens with zero attached hydrogens (tertiary/aromatic N) is 3. The van der Waals surface area contributed by atoms with E-state index in [1.165, 1.54) is 0 Å². The summed E-state index contributed by atoms with van der Waals surface area (Å²) >= 11 is 0. The zero-order valence-electron chi connectivity index (χ0n) is 16.2. The van der Waals surface area contributed by atoms with Gasteiger partial charge in [0.15, 0.2) is 0 Å². The molecule has 0 unspecified atom stereocenters. The minimum Gasteiger partial charge on any atom is -0.497 e. The molecule has 0 spiro atoms. The van der Waals surface area contributed by atoms with Gasteiger partial charge in [0, 0.05) is 31.9 Å². The van der Waals surface area contributed by atoms with Crippen molar-refractivity contribution in [2.24, 2.45) is 0 Å². The SMILES string of the molecule is CCN1CCN(C(=O)[C@@H](C)N(C)CC(=O)Nc2ccc(OC)cc2)CC1. The van der Waals surface area contributed by atoms with Crippen molar-refractivity contribution in [2.45, 2.75) is 19.9 Å². The molecule has 1 aliphatic heterocycles. The van der Waals surface area contributed by atoms with Gasteiger partial charge in [0.2, 0.25) is 11.8 Å². The molecule has 1 atom stereocenters. The van der Waals surface area contributed by atoms with Gasteiger partial charge < -0.3 is 19.9 Å². The molecule has 0 saturated carbocycles. The van der Waals surface area contributed by atoms with Crippen molar-refractivity contribution in [3.8, 4) is 5.75 Å². The maximum atomic E-state index is 12.7. The first-order chi connectivity index (χ1) is 12.4. The number of piperazine rings is 1. The van der Waals surface area contributed by atoms with Crippen LogP contribution < -0.4 is 10.1 Å². The summed E-state index contributed by atoms with van der Waals surface area (Å²) in [6.45, 7) is 8.50. The van der Waals surface area contributed by atoms with E-state index >= 15 is 0 Å². The van der Waals surface area contributed by atoms with E-state index in [-0.39, 0.29) is 24.4 Å². The molecule has 0 aromatic heterocycles. The summed E-state index contributed by atoms with van der Waals surface area (Å²) in [5.74, 6) is 0.677. The molecule has 0 aliphatic carbocycles. The third-order valence-corrected chi connectivity index (χ3v) is 4.92. The van der Waals surface area contributed by atoms with Crippen molar-refractivity contribution in [2.75, 3.05) is 58.7 Å². The van der Waals surface area contributed by atoms with Gasteiger partial charge in [-0.15, -0.1) is 0 Å². The number of carbonyl (C=O) groups excluding carboxylic acids is 2. The van der Waals surface area contributed by atoms with E-state index in [1.807, 2.05) is 11.8 Å². The van der Waals surface area contributed by atoms with Gasteiger partial charge in [-0.2, -0.15) is 0 Å². The predicted octanol–water partition coefficient (Wildman–Crippen LogP) is 1.12. The molecule has 1 aromatic carbocycles. The van der Waals surface area contributed by atoms with Crippen LogP contribution in [0.2, 0.25) is 0 Å². The number of hydrogen-bond acceptors (Lipinski definition) is 5. The largest absolute Gasteiger partial charge is 0.497 e. The van der Waals surface area contributed by atoms with E-state index in [0.29, 0.717) is 5.69 Å². The zero-order valence-corrected chi connectivity index (χ0v) is 16.2. The number of hydrogen-bond donors (Lipinski definition) is 1. The van der Waals surface area contributed by atoms with Crippen molar-refractivity contribution < 1.29 is 14.3 Å². The lowest BCUT2D eigenvalue weighted by atomic mass is 10.2. The van der Waals surface area contributed by atoms with Gasteiger partial charge in [-0.05, 0) is 44.8 Å². The lowest BCUT2D eigenvalue weighted by molar-refractivity contribution is -0.138. The summed E-state index contributed by atoms with van der Waals surface area (Å²) in [6.07, 6.45) is 0. The summed E-state index contributed by atoms with van der Waals surface area (Å²) in [7, 11) is 3.40. The summed E-state index contributed by atoms with van der Waals surface area (Å²) in [5, 5.41) is 2.84. The van der Waals surface area contributed by atoms with Gasteiger partial charge >= 0.3 is 0 Å². The quantitative estimate of drug-likeness (QED) is 0.787. The summed E-state index contributed by atoms with van der Waals surface area (Å²) < 4.78 is 5.10. The molecule has 0 bridgehead atoms. The van der Waals surface area contributed by atoms with Crippen LogP contribution in [0, 0.1) is 0 Å². The molecule has 2 amide bonds. The van der Waals surface area contributed by atoms with E-state index in [1.54, 1.807) is 43.3 Å². The molecular weight excluding hydrogens is 332 g/mol. The Morgan fingerprint density at radius 1 is 1.19 bits per heavy atom. The highest BCUT2D eigenvalue weighted by Gasteiger charge is 2.27. The fourth-order valence-electron chi connectivity index (χ4n) is 2.98. The van der Waals surface area contributed by atoms with Gasteiger partial charge in [0.1, 0.15) is 5.75 Å². The summed E-state index contributed by atoms with van der Waals surface area (Å²) in [5.41, 5.74) is 0.707. The van der Waals surface area contributed by atoms with Crippen LogP contribution in [-0.2, 0) is 9.59 Å². The van der Waals surface area contributed by atoms with E-state index in [2.05, 4.69) is 17.1 Å². The Balaban J connectivity index is 1.82. The van der Waals surface area contributed by atoms with Crippen LogP contribution in [0.4, 0.5) is 5.69 Å². The fraction of sp³-hybridized carbons (Fsp3) is 0.579. The Morgan fingerprint density at radius 2 is 1.81 bits per heavy atom. The van der Waals surface area contributed by atoms with E-state index in [0.717, 1.165) is 38.5 Å². The van der Waals surface area contributed by atoms with Gasteiger partial charge in [-0.25, -0.2) is 0 Å². The van der Waals surface area contributed by atoms with Gasteiger partial charge in [-0.3, -0.25) is 14.5 Å². The molecule has 7 nitrogen and oxygen atoms in total. The molecule has 1 aliphatic rings. The summed E-state index contributed by atoms with van der Waals surface area (Å²) in [4.78, 5) is 30.9. The number of amides is 2. The van der Waals surface area contributed by atoms with Crippen LogP contribution in [0.15, 0.2) is 24.3 Å². The number of benzene rings is 1. The minimum absolute atomic E-state index is 0.0838. The maximum Gasteiger partial charge on any atom is 0.239 e. The monoisotopic (exact) mass is 362 g/mol. The van der Waals surface area contributed by atoms with Crippen LogP contribution in [0.1, 0.15) is 13.8 Å². The number of methoxy groups -OCH3 is 1. The first-order valence-electron chi connectivity index (χ1n) is 9.10. The van der Waals surface area contributed by atoms with Crippen molar-refractivity contribution >= 4 is 17.5 Å². The maximum absolute atomic E-state index is 12.7. The fourth-order valence-corrected chi connectivity index (χ4v) is 2.98. The van der Waals surface area contributed by atoms with E-state index in [4.69, 9.17) is 4.74 Å². The van der Waals surface area contributed by atoms with Crippen molar-refractivity contribution in [1.82, 2.24) is 14.7 Å². The second-order valence-corrected chi connectivity index (χ2v) is 6.63. The van der Waals surface area contributed by atoms with Crippen molar-refractivity contribution in [1.29, 1.82) is 0 Å². The van der Waals surface area contributed by atoms with Crippen LogP contribution in [0.25, 0.3) is 0 Å².